The maximum Gasteiger partial charge on any atom is 0.178 e. The van der Waals surface area contributed by atoms with Crippen LogP contribution in [-0.2, 0) is 18.9 Å². The predicted octanol–water partition coefficient (Wildman–Crippen LogP) is 7.31. The smallest absolute Gasteiger partial charge is 0.178 e. The van der Waals surface area contributed by atoms with Gasteiger partial charge in [-0.05, 0) is 6.42 Å². The SMILES string of the molecule is C.C.CC(C)(C)C1(C(C)(C)C)OCCCO1.CC(C)(C)C1(C(C)(C)C)OCCO1. The fourth-order valence-electron chi connectivity index (χ4n) is 4.93. The summed E-state index contributed by atoms with van der Waals surface area (Å²) in [6.07, 6.45) is 1.01. The van der Waals surface area contributed by atoms with Gasteiger partial charge in [-0.2, -0.15) is 0 Å². The van der Waals surface area contributed by atoms with Gasteiger partial charge in [0.05, 0.1) is 26.4 Å². The molecule has 0 N–H and O–H groups in total. The number of hydrogen-bond acceptors (Lipinski definition) is 4. The van der Waals surface area contributed by atoms with Crippen LogP contribution in [-0.4, -0.2) is 38.0 Å². The van der Waals surface area contributed by atoms with Gasteiger partial charge in [-0.25, -0.2) is 0 Å². The zero-order valence-electron chi connectivity index (χ0n) is 20.2. The first-order valence-electron chi connectivity index (χ1n) is 10.5. The fourth-order valence-corrected chi connectivity index (χ4v) is 4.93. The number of hydrogen-bond donors (Lipinski definition) is 0. The second-order valence-corrected chi connectivity index (χ2v) is 12.0. The van der Waals surface area contributed by atoms with Gasteiger partial charge in [0.2, 0.25) is 0 Å². The molecule has 0 aromatic carbocycles. The zero-order valence-corrected chi connectivity index (χ0v) is 20.2. The van der Waals surface area contributed by atoms with Crippen LogP contribution >= 0.6 is 0 Å². The highest BCUT2D eigenvalue weighted by molar-refractivity contribution is 4.96. The minimum absolute atomic E-state index is 0. The summed E-state index contributed by atoms with van der Waals surface area (Å²) in [5.74, 6) is -0.877. The van der Waals surface area contributed by atoms with Crippen LogP contribution < -0.4 is 0 Å². The Morgan fingerprint density at radius 2 is 0.621 bits per heavy atom. The van der Waals surface area contributed by atoms with Crippen molar-refractivity contribution in [3.8, 4) is 0 Å². The van der Waals surface area contributed by atoms with Crippen molar-refractivity contribution >= 4 is 0 Å². The summed E-state index contributed by atoms with van der Waals surface area (Å²) in [7, 11) is 0. The third-order valence-electron chi connectivity index (χ3n) is 5.54. The fraction of sp³-hybridized carbons (Fsp3) is 1.00. The van der Waals surface area contributed by atoms with Gasteiger partial charge in [-0.3, -0.25) is 0 Å². The molecule has 2 heterocycles. The lowest BCUT2D eigenvalue weighted by Gasteiger charge is -2.53. The summed E-state index contributed by atoms with van der Waals surface area (Å²) >= 11 is 0. The third-order valence-corrected chi connectivity index (χ3v) is 5.54. The second kappa shape index (κ2) is 9.97. The van der Waals surface area contributed by atoms with Gasteiger partial charge in [-0.1, -0.05) is 97.9 Å². The van der Waals surface area contributed by atoms with E-state index in [0.29, 0.717) is 13.2 Å². The Kier molecular flexibility index (Phi) is 10.7. The quantitative estimate of drug-likeness (QED) is 0.413. The van der Waals surface area contributed by atoms with Crippen molar-refractivity contribution in [1.82, 2.24) is 0 Å². The van der Waals surface area contributed by atoms with Crippen LogP contribution in [0.25, 0.3) is 0 Å². The molecule has 0 amide bonds. The summed E-state index contributed by atoms with van der Waals surface area (Å²) in [6.45, 7) is 29.2. The van der Waals surface area contributed by atoms with E-state index in [0.717, 1.165) is 19.6 Å². The molecule has 2 saturated heterocycles. The Labute approximate surface area is 183 Å². The first-order chi connectivity index (χ1) is 11.9. The molecule has 2 aliphatic rings. The zero-order chi connectivity index (χ0) is 21.4. The summed E-state index contributed by atoms with van der Waals surface area (Å²) in [6, 6.07) is 0. The van der Waals surface area contributed by atoms with Crippen LogP contribution in [0.4, 0.5) is 0 Å². The van der Waals surface area contributed by atoms with Crippen LogP contribution in [0.1, 0.15) is 104 Å². The number of rotatable bonds is 0. The molecule has 0 aromatic heterocycles. The van der Waals surface area contributed by atoms with E-state index in [1.807, 2.05) is 0 Å². The van der Waals surface area contributed by atoms with Crippen molar-refractivity contribution < 1.29 is 18.9 Å². The minimum Gasteiger partial charge on any atom is -0.349 e. The summed E-state index contributed by atoms with van der Waals surface area (Å²) in [5.41, 5.74) is 0.0425. The molecular weight excluding hydrogens is 364 g/mol. The van der Waals surface area contributed by atoms with E-state index < -0.39 is 11.6 Å². The molecular formula is C25H54O4. The van der Waals surface area contributed by atoms with Gasteiger partial charge in [0, 0.05) is 21.7 Å². The highest BCUT2D eigenvalue weighted by Gasteiger charge is 2.56. The lowest BCUT2D eigenvalue weighted by molar-refractivity contribution is -0.358. The van der Waals surface area contributed by atoms with Gasteiger partial charge in [-0.15, -0.1) is 0 Å². The van der Waals surface area contributed by atoms with Gasteiger partial charge >= 0.3 is 0 Å². The van der Waals surface area contributed by atoms with E-state index in [9.17, 15) is 0 Å². The Balaban J connectivity index is 0. The van der Waals surface area contributed by atoms with Crippen molar-refractivity contribution in [2.24, 2.45) is 21.7 Å². The topological polar surface area (TPSA) is 36.9 Å². The van der Waals surface area contributed by atoms with Crippen molar-refractivity contribution in [3.05, 3.63) is 0 Å². The second-order valence-electron chi connectivity index (χ2n) is 12.0. The molecule has 0 unspecified atom stereocenters. The molecule has 0 aliphatic carbocycles. The maximum absolute atomic E-state index is 5.97. The van der Waals surface area contributed by atoms with Crippen LogP contribution in [0, 0.1) is 21.7 Å². The molecule has 0 atom stereocenters. The van der Waals surface area contributed by atoms with Crippen molar-refractivity contribution in [2.75, 3.05) is 26.4 Å². The molecule has 29 heavy (non-hydrogen) atoms. The summed E-state index contributed by atoms with van der Waals surface area (Å²) in [4.78, 5) is 0. The molecule has 0 aromatic rings. The Bertz CT molecular complexity index is 425. The highest BCUT2D eigenvalue weighted by Crippen LogP contribution is 2.50. The van der Waals surface area contributed by atoms with Crippen molar-refractivity contribution in [3.63, 3.8) is 0 Å². The van der Waals surface area contributed by atoms with Gasteiger partial charge in [0.1, 0.15) is 0 Å². The van der Waals surface area contributed by atoms with E-state index in [1.165, 1.54) is 0 Å². The Morgan fingerprint density at radius 3 is 0.793 bits per heavy atom. The van der Waals surface area contributed by atoms with E-state index in [2.05, 4.69) is 83.1 Å². The largest absolute Gasteiger partial charge is 0.349 e. The normalized spacial score (nSPS) is 21.9. The molecule has 2 aliphatic heterocycles. The molecule has 0 radical (unpaired) electrons. The van der Waals surface area contributed by atoms with Crippen LogP contribution in [0.2, 0.25) is 0 Å². The van der Waals surface area contributed by atoms with Crippen molar-refractivity contribution in [2.45, 2.75) is 116 Å². The molecule has 2 rings (SSSR count). The maximum atomic E-state index is 5.97. The lowest BCUT2D eigenvalue weighted by Crippen LogP contribution is -2.59. The van der Waals surface area contributed by atoms with Crippen molar-refractivity contribution in [1.29, 1.82) is 0 Å². The average molecular weight is 419 g/mol. The van der Waals surface area contributed by atoms with Gasteiger partial charge in [0.15, 0.2) is 11.6 Å². The first-order valence-corrected chi connectivity index (χ1v) is 10.5. The first kappa shape index (κ1) is 31.0. The van der Waals surface area contributed by atoms with Crippen LogP contribution in [0.5, 0.6) is 0 Å². The summed E-state index contributed by atoms with van der Waals surface area (Å²) < 4.78 is 23.6. The monoisotopic (exact) mass is 418 g/mol. The van der Waals surface area contributed by atoms with E-state index in [1.54, 1.807) is 0 Å². The molecule has 0 bridgehead atoms. The van der Waals surface area contributed by atoms with Gasteiger partial charge < -0.3 is 18.9 Å². The summed E-state index contributed by atoms with van der Waals surface area (Å²) in [5, 5.41) is 0. The van der Waals surface area contributed by atoms with E-state index in [-0.39, 0.29) is 36.5 Å². The Hall–Kier alpha value is -0.160. The molecule has 178 valence electrons. The highest BCUT2D eigenvalue weighted by atomic mass is 16.7. The average Bonchev–Trinajstić information content (AvgIpc) is 2.97. The Morgan fingerprint density at radius 1 is 0.414 bits per heavy atom. The van der Waals surface area contributed by atoms with Crippen LogP contribution in [0.3, 0.4) is 0 Å². The van der Waals surface area contributed by atoms with E-state index >= 15 is 0 Å². The lowest BCUT2D eigenvalue weighted by atomic mass is 9.70. The molecule has 2 fully saturated rings. The van der Waals surface area contributed by atoms with E-state index in [4.69, 9.17) is 18.9 Å². The third kappa shape index (κ3) is 6.18. The molecule has 4 nitrogen and oxygen atoms in total. The number of ether oxygens (including phenoxy) is 4. The molecule has 0 spiro atoms. The minimum atomic E-state index is -0.446. The standard InChI is InChI=1S/C12H24O2.C11H22O2.2CH4/c1-10(2,3)12(11(4,5)6)13-8-7-9-14-12;1-9(2,3)11(10(4,5)6)12-7-8-13-11;;/h7-9H2,1-6H3;7-8H2,1-6H3;2*1H4. The van der Waals surface area contributed by atoms with Crippen LogP contribution in [0.15, 0.2) is 0 Å². The predicted molar refractivity (Wildman–Crippen MR) is 125 cm³/mol. The van der Waals surface area contributed by atoms with Gasteiger partial charge in [0.25, 0.3) is 0 Å². The molecule has 0 saturated carbocycles. The molecule has 4 heteroatoms.